The highest BCUT2D eigenvalue weighted by atomic mass is 31.2. The number of rotatable bonds is 72. The number of phosphoric ester groups is 2. The first kappa shape index (κ1) is 94.0. The van der Waals surface area contributed by atoms with E-state index in [-0.39, 0.29) is 25.7 Å². The Morgan fingerprint density at radius 3 is 0.949 bits per heavy atom. The number of ether oxygens (including phenoxy) is 4. The highest BCUT2D eigenvalue weighted by Crippen LogP contribution is 2.45. The lowest BCUT2D eigenvalue weighted by atomic mass is 10.0. The molecule has 0 rings (SSSR count). The van der Waals surface area contributed by atoms with E-state index >= 15 is 0 Å². The summed E-state index contributed by atoms with van der Waals surface area (Å²) >= 11 is 0. The molecule has 17 nitrogen and oxygen atoms in total. The van der Waals surface area contributed by atoms with Gasteiger partial charge in [0.25, 0.3) is 0 Å². The zero-order valence-electron chi connectivity index (χ0n) is 61.7. The average molecular weight is 1420 g/mol. The molecule has 0 radical (unpaired) electrons. The van der Waals surface area contributed by atoms with Crippen molar-refractivity contribution in [2.75, 3.05) is 39.6 Å². The van der Waals surface area contributed by atoms with Crippen LogP contribution in [0.4, 0.5) is 0 Å². The van der Waals surface area contributed by atoms with Crippen LogP contribution in [0.1, 0.15) is 323 Å². The van der Waals surface area contributed by atoms with Crippen molar-refractivity contribution < 1.29 is 80.2 Å². The summed E-state index contributed by atoms with van der Waals surface area (Å²) in [6, 6.07) is 0. The number of unbranched alkanes of at least 4 members (excludes halogenated alkanes) is 31. The van der Waals surface area contributed by atoms with Crippen molar-refractivity contribution in [2.45, 2.75) is 341 Å². The van der Waals surface area contributed by atoms with Gasteiger partial charge in [-0.25, -0.2) is 9.13 Å². The van der Waals surface area contributed by atoms with Crippen molar-refractivity contribution in [2.24, 2.45) is 0 Å². The largest absolute Gasteiger partial charge is 0.472 e. The molecule has 0 spiro atoms. The number of hydrogen-bond acceptors (Lipinski definition) is 15. The van der Waals surface area contributed by atoms with Crippen molar-refractivity contribution >= 4 is 39.5 Å². The lowest BCUT2D eigenvalue weighted by molar-refractivity contribution is -0.161. The van der Waals surface area contributed by atoms with Gasteiger partial charge in [0.05, 0.1) is 32.8 Å². The monoisotopic (exact) mass is 1420 g/mol. The number of esters is 4. The minimum absolute atomic E-state index is 0.0688. The summed E-state index contributed by atoms with van der Waals surface area (Å²) in [5.74, 6) is -2.33. The Morgan fingerprint density at radius 2 is 0.571 bits per heavy atom. The van der Waals surface area contributed by atoms with Gasteiger partial charge in [0.15, 0.2) is 12.2 Å². The fourth-order valence-corrected chi connectivity index (χ4v) is 11.8. The predicted molar refractivity (Wildman–Crippen MR) is 399 cm³/mol. The quantitative estimate of drug-likeness (QED) is 0.0169. The first-order chi connectivity index (χ1) is 47.7. The predicted octanol–water partition coefficient (Wildman–Crippen LogP) is 22.0. The summed E-state index contributed by atoms with van der Waals surface area (Å²) in [4.78, 5) is 72.8. The SMILES string of the molecule is CC/C=C\C/C=C\C/C=C\C/C=C\C/C=C\CC(=O)OCC(COP(=O)(O)OCC(O)COP(=O)(O)OCC(COC(=O)CCCCCCC/C=C\C/C=C\CCCCC)OC(=O)CCCCCCC/C=C\CCCCCC)OC(=O)CCCCCCCCCCCCCCCCC. The molecular formula is C79H138O17P2. The topological polar surface area (TPSA) is 237 Å². The van der Waals surface area contributed by atoms with Gasteiger partial charge in [-0.05, 0) is 109 Å². The Balaban J connectivity index is 5.41. The van der Waals surface area contributed by atoms with E-state index in [0.29, 0.717) is 25.7 Å². The normalized spacial score (nSPS) is 14.5. The van der Waals surface area contributed by atoms with Gasteiger partial charge in [-0.15, -0.1) is 0 Å². The summed E-state index contributed by atoms with van der Waals surface area (Å²) in [5, 5.41) is 10.6. The van der Waals surface area contributed by atoms with Gasteiger partial charge in [0.1, 0.15) is 19.3 Å². The van der Waals surface area contributed by atoms with Crippen molar-refractivity contribution in [3.05, 3.63) is 97.2 Å². The number of allylic oxidation sites excluding steroid dienone is 15. The third-order valence-electron chi connectivity index (χ3n) is 16.1. The number of hydrogen-bond donors (Lipinski definition) is 3. The highest BCUT2D eigenvalue weighted by Gasteiger charge is 2.30. The van der Waals surface area contributed by atoms with Gasteiger partial charge in [-0.3, -0.25) is 37.3 Å². The van der Waals surface area contributed by atoms with Crippen LogP contribution < -0.4 is 0 Å². The number of carbonyl (C=O) groups excluding carboxylic acids is 4. The second-order valence-electron chi connectivity index (χ2n) is 25.6. The van der Waals surface area contributed by atoms with E-state index in [2.05, 4.69) is 101 Å². The molecule has 0 bridgehead atoms. The number of carbonyl (C=O) groups is 4. The summed E-state index contributed by atoms with van der Waals surface area (Å²) < 4.78 is 68.3. The smallest absolute Gasteiger partial charge is 0.462 e. The number of aliphatic hydroxyl groups excluding tert-OH is 1. The van der Waals surface area contributed by atoms with E-state index in [0.717, 1.165) is 135 Å². The molecule has 0 fully saturated rings. The van der Waals surface area contributed by atoms with Crippen LogP contribution in [-0.2, 0) is 65.4 Å². The van der Waals surface area contributed by atoms with Gasteiger partial charge in [-0.2, -0.15) is 0 Å². The third kappa shape index (κ3) is 70.4. The van der Waals surface area contributed by atoms with Gasteiger partial charge in [0.2, 0.25) is 0 Å². The van der Waals surface area contributed by atoms with E-state index in [9.17, 15) is 43.2 Å². The zero-order chi connectivity index (χ0) is 71.8. The van der Waals surface area contributed by atoms with Crippen LogP contribution in [0.25, 0.3) is 0 Å². The van der Waals surface area contributed by atoms with Crippen molar-refractivity contribution in [3.8, 4) is 0 Å². The highest BCUT2D eigenvalue weighted by molar-refractivity contribution is 7.47. The zero-order valence-corrected chi connectivity index (χ0v) is 63.5. The van der Waals surface area contributed by atoms with Crippen LogP contribution in [0.15, 0.2) is 97.2 Å². The molecule has 0 aliphatic heterocycles. The standard InChI is InChI=1S/C79H138O17P2/c1-5-9-13-17-21-25-29-33-36-40-43-47-51-55-59-63-76(81)89-69-74(95-78(83)65-61-57-53-49-45-39-32-28-24-20-16-12-8-4)71-93-97(85,86)91-67-73(80)68-92-98(87,88)94-72-75(96-79(84)66-62-58-54-50-46-42-38-35-31-27-23-19-15-11-7-3)70-90-77(82)64-60-56-52-48-44-41-37-34-30-26-22-18-14-10-6-2/h10,14,21-22,25-26,28,32-34,36-37,44,48,56,60,73-75,80H,5-9,11-13,15-20,23-24,27,29-31,35,38-43,45-47,49-55,57-59,61-72H2,1-4H3,(H,85,86)(H,87,88)/b14-10-,25-21-,26-22-,32-28-,36-33-,37-34-,48-44-,60-56-. The Bertz CT molecular complexity index is 2240. The van der Waals surface area contributed by atoms with Crippen molar-refractivity contribution in [3.63, 3.8) is 0 Å². The maximum Gasteiger partial charge on any atom is 0.472 e. The van der Waals surface area contributed by atoms with Gasteiger partial charge < -0.3 is 33.8 Å². The summed E-state index contributed by atoms with van der Waals surface area (Å²) in [5.41, 5.74) is 0. The Kier molecular flexibility index (Phi) is 68.4. The maximum atomic E-state index is 13.1. The molecule has 19 heteroatoms. The van der Waals surface area contributed by atoms with Gasteiger partial charge in [0, 0.05) is 19.3 Å². The minimum atomic E-state index is -4.99. The molecule has 566 valence electrons. The molecule has 5 unspecified atom stereocenters. The number of aliphatic hydroxyl groups is 1. The molecule has 0 aromatic heterocycles. The van der Waals surface area contributed by atoms with E-state index in [4.69, 9.17) is 37.0 Å². The van der Waals surface area contributed by atoms with Crippen LogP contribution in [-0.4, -0.2) is 96.7 Å². The first-order valence-corrected chi connectivity index (χ1v) is 41.5. The molecule has 0 aromatic carbocycles. The molecule has 0 saturated heterocycles. The first-order valence-electron chi connectivity index (χ1n) is 38.5. The van der Waals surface area contributed by atoms with E-state index < -0.39 is 97.5 Å². The Hall–Kier alpha value is -4.02. The second-order valence-corrected chi connectivity index (χ2v) is 28.5. The maximum absolute atomic E-state index is 13.1. The minimum Gasteiger partial charge on any atom is -0.462 e. The number of phosphoric acid groups is 2. The summed E-state index contributed by atoms with van der Waals surface area (Å²) in [7, 11) is -9.97. The van der Waals surface area contributed by atoms with Crippen molar-refractivity contribution in [1.82, 2.24) is 0 Å². The summed E-state index contributed by atoms with van der Waals surface area (Å²) in [6.07, 6.45) is 74.2. The third-order valence-corrected chi connectivity index (χ3v) is 18.0. The molecule has 5 atom stereocenters. The molecule has 0 saturated carbocycles. The summed E-state index contributed by atoms with van der Waals surface area (Å²) in [6.45, 7) is 4.61. The Labute approximate surface area is 595 Å². The van der Waals surface area contributed by atoms with E-state index in [1.54, 1.807) is 6.08 Å². The molecule has 0 aliphatic carbocycles. The van der Waals surface area contributed by atoms with E-state index in [1.165, 1.54) is 109 Å². The van der Waals surface area contributed by atoms with Crippen LogP contribution in [0.5, 0.6) is 0 Å². The van der Waals surface area contributed by atoms with Crippen LogP contribution >= 0.6 is 15.6 Å². The van der Waals surface area contributed by atoms with Crippen LogP contribution in [0.3, 0.4) is 0 Å². The van der Waals surface area contributed by atoms with Crippen molar-refractivity contribution in [1.29, 1.82) is 0 Å². The lowest BCUT2D eigenvalue weighted by Crippen LogP contribution is -2.30. The van der Waals surface area contributed by atoms with Gasteiger partial charge >= 0.3 is 39.5 Å². The molecule has 0 heterocycles. The average Bonchev–Trinajstić information content (AvgIpc) is 1.04. The molecule has 0 aromatic rings. The molecular weight excluding hydrogens is 1280 g/mol. The van der Waals surface area contributed by atoms with E-state index in [1.807, 2.05) is 18.2 Å². The fourth-order valence-electron chi connectivity index (χ4n) is 10.2. The molecule has 0 amide bonds. The van der Waals surface area contributed by atoms with Gasteiger partial charge in [-0.1, -0.05) is 285 Å². The molecule has 98 heavy (non-hydrogen) atoms. The lowest BCUT2D eigenvalue weighted by Gasteiger charge is -2.21. The second kappa shape index (κ2) is 71.4. The molecule has 3 N–H and O–H groups in total. The Morgan fingerprint density at radius 1 is 0.306 bits per heavy atom. The molecule has 0 aliphatic rings. The van der Waals surface area contributed by atoms with Crippen LogP contribution in [0, 0.1) is 0 Å². The van der Waals surface area contributed by atoms with Crippen LogP contribution in [0.2, 0.25) is 0 Å². The fraction of sp³-hybridized carbons (Fsp3) is 0.747.